The molecule has 2 aromatic heterocycles. The molecular weight excluding hydrogens is 494 g/mol. The first-order chi connectivity index (χ1) is 16.3. The Labute approximate surface area is 207 Å². The highest BCUT2D eigenvalue weighted by atomic mass is 35.5. The molecule has 0 aliphatic rings. The zero-order valence-electron chi connectivity index (χ0n) is 19.0. The highest BCUT2D eigenvalue weighted by molar-refractivity contribution is 7.89. The van der Waals surface area contributed by atoms with Gasteiger partial charge in [-0.15, -0.1) is 0 Å². The van der Waals surface area contributed by atoms with Gasteiger partial charge in [-0.2, -0.15) is 4.31 Å². The molecule has 0 N–H and O–H groups in total. The zero-order chi connectivity index (χ0) is 24.5. The number of hydrogen-bond donors (Lipinski definition) is 0. The van der Waals surface area contributed by atoms with E-state index in [0.717, 1.165) is 15.8 Å². The van der Waals surface area contributed by atoms with Gasteiger partial charge < -0.3 is 4.42 Å². The number of carbonyl (C=O) groups is 1. The molecule has 4 rings (SSSR count). The van der Waals surface area contributed by atoms with Crippen molar-refractivity contribution >= 4 is 54.2 Å². The van der Waals surface area contributed by atoms with Gasteiger partial charge in [0.1, 0.15) is 5.76 Å². The Kier molecular flexibility index (Phi) is 7.09. The summed E-state index contributed by atoms with van der Waals surface area (Å²) < 4.78 is 33.4. The number of nitrogens with zero attached hydrogens (tertiary/aromatic N) is 3. The highest BCUT2D eigenvalue weighted by Crippen LogP contribution is 2.35. The van der Waals surface area contributed by atoms with E-state index in [9.17, 15) is 13.2 Å². The summed E-state index contributed by atoms with van der Waals surface area (Å²) in [5, 5.41) is 1.11. The minimum atomic E-state index is -3.61. The lowest BCUT2D eigenvalue weighted by molar-refractivity contribution is 0.0983. The second-order valence-corrected chi connectivity index (χ2v) is 11.0. The number of furan rings is 1. The SMILES string of the molecule is CCN(CC)S(=O)(=O)c1ccc(C(=O)N(Cc2ccco2)c2nc3c(C)c(Cl)ccc3s2)cc1. The van der Waals surface area contributed by atoms with Crippen LogP contribution in [0, 0.1) is 6.92 Å². The predicted molar refractivity (Wildman–Crippen MR) is 135 cm³/mol. The number of hydrogen-bond acceptors (Lipinski definition) is 6. The van der Waals surface area contributed by atoms with E-state index in [-0.39, 0.29) is 17.3 Å². The minimum Gasteiger partial charge on any atom is -0.467 e. The largest absolute Gasteiger partial charge is 0.467 e. The average molecular weight is 518 g/mol. The van der Waals surface area contributed by atoms with Crippen LogP contribution in [0.4, 0.5) is 5.13 Å². The van der Waals surface area contributed by atoms with Gasteiger partial charge in [-0.3, -0.25) is 9.69 Å². The Balaban J connectivity index is 1.71. The smallest absolute Gasteiger partial charge is 0.260 e. The molecule has 10 heteroatoms. The highest BCUT2D eigenvalue weighted by Gasteiger charge is 2.25. The van der Waals surface area contributed by atoms with Crippen LogP contribution >= 0.6 is 22.9 Å². The number of aromatic nitrogens is 1. The first-order valence-corrected chi connectivity index (χ1v) is 13.4. The molecule has 4 aromatic rings. The van der Waals surface area contributed by atoms with Crippen molar-refractivity contribution in [2.75, 3.05) is 18.0 Å². The maximum absolute atomic E-state index is 13.6. The van der Waals surface area contributed by atoms with E-state index in [4.69, 9.17) is 21.0 Å². The number of fused-ring (bicyclic) bond motifs is 1. The van der Waals surface area contributed by atoms with Crippen molar-refractivity contribution in [1.29, 1.82) is 0 Å². The van der Waals surface area contributed by atoms with Crippen LogP contribution in [-0.2, 0) is 16.6 Å². The van der Waals surface area contributed by atoms with Crippen LogP contribution in [0.2, 0.25) is 5.02 Å². The standard InChI is InChI=1S/C24H24ClN3O4S2/c1-4-27(5-2)34(30,31)19-10-8-17(9-11-19)23(29)28(15-18-7-6-14-32-18)24-26-22-16(3)20(25)12-13-21(22)33-24/h6-14H,4-5,15H2,1-3H3. The van der Waals surface area contributed by atoms with Crippen LogP contribution in [-0.4, -0.2) is 36.7 Å². The first kappa shape index (κ1) is 24.4. The lowest BCUT2D eigenvalue weighted by atomic mass is 10.2. The second-order valence-electron chi connectivity index (χ2n) is 7.60. The van der Waals surface area contributed by atoms with Gasteiger partial charge in [0.05, 0.1) is 27.9 Å². The Bertz CT molecular complexity index is 1410. The molecule has 0 aliphatic carbocycles. The van der Waals surface area contributed by atoms with E-state index in [1.54, 1.807) is 32.2 Å². The molecule has 0 atom stereocenters. The minimum absolute atomic E-state index is 0.149. The molecule has 1 amide bonds. The molecule has 178 valence electrons. The van der Waals surface area contributed by atoms with E-state index in [1.165, 1.54) is 44.8 Å². The summed E-state index contributed by atoms with van der Waals surface area (Å²) >= 11 is 7.64. The topological polar surface area (TPSA) is 83.7 Å². The van der Waals surface area contributed by atoms with Crippen molar-refractivity contribution in [2.45, 2.75) is 32.2 Å². The lowest BCUT2D eigenvalue weighted by Crippen LogP contribution is -2.31. The molecule has 2 aromatic carbocycles. The number of rotatable bonds is 8. The summed E-state index contributed by atoms with van der Waals surface area (Å²) in [7, 11) is -3.61. The maximum Gasteiger partial charge on any atom is 0.260 e. The number of benzene rings is 2. The average Bonchev–Trinajstić information content (AvgIpc) is 3.50. The van der Waals surface area contributed by atoms with Crippen molar-refractivity contribution in [2.24, 2.45) is 0 Å². The summed E-state index contributed by atoms with van der Waals surface area (Å²) in [6.45, 7) is 6.39. The number of thiazole rings is 1. The predicted octanol–water partition coefficient (Wildman–Crippen LogP) is 5.73. The van der Waals surface area contributed by atoms with Crippen LogP contribution < -0.4 is 4.90 Å². The normalized spacial score (nSPS) is 11.9. The molecule has 0 saturated heterocycles. The number of carbonyl (C=O) groups excluding carboxylic acids is 1. The first-order valence-electron chi connectivity index (χ1n) is 10.8. The van der Waals surface area contributed by atoms with Gasteiger partial charge in [0.2, 0.25) is 10.0 Å². The van der Waals surface area contributed by atoms with E-state index in [0.29, 0.717) is 34.6 Å². The summed E-state index contributed by atoms with van der Waals surface area (Å²) in [6.07, 6.45) is 1.55. The van der Waals surface area contributed by atoms with Crippen LogP contribution in [0.1, 0.15) is 35.5 Å². The van der Waals surface area contributed by atoms with Crippen LogP contribution in [0.15, 0.2) is 64.1 Å². The van der Waals surface area contributed by atoms with E-state index >= 15 is 0 Å². The van der Waals surface area contributed by atoms with Crippen molar-refractivity contribution in [3.05, 3.63) is 76.7 Å². The number of anilines is 1. The van der Waals surface area contributed by atoms with Gasteiger partial charge >= 0.3 is 0 Å². The Hall–Kier alpha value is -2.72. The molecule has 0 spiro atoms. The van der Waals surface area contributed by atoms with Gasteiger partial charge in [0.25, 0.3) is 5.91 Å². The summed E-state index contributed by atoms with van der Waals surface area (Å²) in [6, 6.07) is 13.2. The van der Waals surface area contributed by atoms with Gasteiger partial charge in [-0.25, -0.2) is 13.4 Å². The molecule has 0 aliphatic heterocycles. The number of sulfonamides is 1. The fourth-order valence-electron chi connectivity index (χ4n) is 3.63. The zero-order valence-corrected chi connectivity index (χ0v) is 21.4. The number of amides is 1. The van der Waals surface area contributed by atoms with Crippen LogP contribution in [0.3, 0.4) is 0 Å². The van der Waals surface area contributed by atoms with Gasteiger partial charge in [-0.05, 0) is 61.0 Å². The van der Waals surface area contributed by atoms with E-state index in [1.807, 2.05) is 19.1 Å². The number of halogens is 1. The maximum atomic E-state index is 13.6. The van der Waals surface area contributed by atoms with Crippen molar-refractivity contribution < 1.29 is 17.6 Å². The lowest BCUT2D eigenvalue weighted by Gasteiger charge is -2.20. The monoisotopic (exact) mass is 517 g/mol. The molecule has 34 heavy (non-hydrogen) atoms. The van der Waals surface area contributed by atoms with Crippen LogP contribution in [0.5, 0.6) is 0 Å². The summed E-state index contributed by atoms with van der Waals surface area (Å²) in [5.74, 6) is 0.286. The second kappa shape index (κ2) is 9.87. The quantitative estimate of drug-likeness (QED) is 0.298. The molecule has 7 nitrogen and oxygen atoms in total. The fourth-order valence-corrected chi connectivity index (χ4v) is 6.26. The van der Waals surface area contributed by atoms with Gasteiger partial charge in [0, 0.05) is 23.7 Å². The fraction of sp³-hybridized carbons (Fsp3) is 0.250. The van der Waals surface area contributed by atoms with Crippen molar-refractivity contribution in [3.8, 4) is 0 Å². The van der Waals surface area contributed by atoms with Gasteiger partial charge in [0.15, 0.2) is 5.13 Å². The summed E-state index contributed by atoms with van der Waals surface area (Å²) in [5.41, 5.74) is 1.93. The molecule has 0 unspecified atom stereocenters. The Morgan fingerprint density at radius 3 is 2.41 bits per heavy atom. The molecule has 2 heterocycles. The third kappa shape index (κ3) is 4.61. The van der Waals surface area contributed by atoms with Gasteiger partial charge in [-0.1, -0.05) is 36.8 Å². The third-order valence-electron chi connectivity index (χ3n) is 5.55. The third-order valence-corrected chi connectivity index (χ3v) is 9.07. The van der Waals surface area contributed by atoms with E-state index in [2.05, 4.69) is 0 Å². The Morgan fingerprint density at radius 2 is 1.79 bits per heavy atom. The molecule has 0 fully saturated rings. The van der Waals surface area contributed by atoms with Crippen molar-refractivity contribution in [1.82, 2.24) is 9.29 Å². The van der Waals surface area contributed by atoms with Crippen molar-refractivity contribution in [3.63, 3.8) is 0 Å². The Morgan fingerprint density at radius 1 is 1.09 bits per heavy atom. The van der Waals surface area contributed by atoms with Crippen LogP contribution in [0.25, 0.3) is 10.2 Å². The number of aryl methyl sites for hydroxylation is 1. The molecular formula is C24H24ClN3O4S2. The molecule has 0 saturated carbocycles. The molecule has 0 bridgehead atoms. The van der Waals surface area contributed by atoms with E-state index < -0.39 is 10.0 Å². The molecule has 0 radical (unpaired) electrons. The summed E-state index contributed by atoms with van der Waals surface area (Å²) in [4.78, 5) is 20.0.